The Labute approximate surface area is 184 Å². The van der Waals surface area contributed by atoms with E-state index >= 15 is 0 Å². The molecular formula is C24H26N2O4S. The fourth-order valence-corrected chi connectivity index (χ4v) is 5.68. The lowest BCUT2D eigenvalue weighted by Crippen LogP contribution is -2.24. The molecule has 0 spiro atoms. The number of fused-ring (bicyclic) bond motifs is 2. The molecule has 7 heteroatoms. The van der Waals surface area contributed by atoms with Gasteiger partial charge in [-0.05, 0) is 56.2 Å². The molecular weight excluding hydrogens is 412 g/mol. The van der Waals surface area contributed by atoms with E-state index in [1.807, 2.05) is 32.0 Å². The van der Waals surface area contributed by atoms with Crippen molar-refractivity contribution in [1.82, 2.24) is 4.57 Å². The molecule has 31 heavy (non-hydrogen) atoms. The number of esters is 1. The van der Waals surface area contributed by atoms with Crippen LogP contribution in [-0.2, 0) is 28.9 Å². The molecule has 1 aliphatic carbocycles. The standard InChI is InChI=1S/C24H26N2O4S/c1-14-7-6-9-16-15(2)13-20(28)26(22(14)16)12-11-19(27)25-23-21(24(29)30-3)17-8-4-5-10-18(17)31-23/h6-7,9,13H,4-5,8,10-12H2,1-3H3,(H,25,27). The maximum absolute atomic E-state index is 12.8. The lowest BCUT2D eigenvalue weighted by molar-refractivity contribution is -0.116. The molecule has 2 aromatic heterocycles. The molecule has 1 N–H and O–H groups in total. The molecule has 1 aliphatic rings. The van der Waals surface area contributed by atoms with Crippen LogP contribution in [0.3, 0.4) is 0 Å². The van der Waals surface area contributed by atoms with E-state index in [0.717, 1.165) is 58.2 Å². The van der Waals surface area contributed by atoms with Gasteiger partial charge in [0.15, 0.2) is 0 Å². The molecule has 3 aromatic rings. The molecule has 1 aromatic carbocycles. The molecule has 162 valence electrons. The first kappa shape index (κ1) is 21.3. The van der Waals surface area contributed by atoms with Crippen LogP contribution in [0.25, 0.3) is 10.9 Å². The van der Waals surface area contributed by atoms with Crippen molar-refractivity contribution in [3.8, 4) is 0 Å². The van der Waals surface area contributed by atoms with Gasteiger partial charge in [0.1, 0.15) is 5.00 Å². The van der Waals surface area contributed by atoms with E-state index in [2.05, 4.69) is 5.32 Å². The predicted molar refractivity (Wildman–Crippen MR) is 123 cm³/mol. The number of carbonyl (C=O) groups excluding carboxylic acids is 2. The summed E-state index contributed by atoms with van der Waals surface area (Å²) in [4.78, 5) is 39.0. The highest BCUT2D eigenvalue weighted by molar-refractivity contribution is 7.17. The number of hydrogen-bond donors (Lipinski definition) is 1. The highest BCUT2D eigenvalue weighted by Gasteiger charge is 2.27. The Balaban J connectivity index is 1.59. The lowest BCUT2D eigenvalue weighted by atomic mass is 9.95. The minimum atomic E-state index is -0.411. The number of anilines is 1. The van der Waals surface area contributed by atoms with Gasteiger partial charge in [-0.2, -0.15) is 0 Å². The number of aryl methyl sites for hydroxylation is 4. The van der Waals surface area contributed by atoms with Crippen LogP contribution in [0.1, 0.15) is 51.2 Å². The van der Waals surface area contributed by atoms with E-state index < -0.39 is 5.97 Å². The van der Waals surface area contributed by atoms with Crippen LogP contribution in [-0.4, -0.2) is 23.6 Å². The van der Waals surface area contributed by atoms with E-state index in [-0.39, 0.29) is 24.4 Å². The Morgan fingerprint density at radius 1 is 1.16 bits per heavy atom. The predicted octanol–water partition coefficient (Wildman–Crippen LogP) is 4.37. The van der Waals surface area contributed by atoms with Crippen molar-refractivity contribution in [2.24, 2.45) is 0 Å². The van der Waals surface area contributed by atoms with Gasteiger partial charge in [-0.3, -0.25) is 9.59 Å². The van der Waals surface area contributed by atoms with Crippen LogP contribution in [0, 0.1) is 13.8 Å². The number of ether oxygens (including phenoxy) is 1. The first-order valence-electron chi connectivity index (χ1n) is 10.5. The highest BCUT2D eigenvalue weighted by Crippen LogP contribution is 2.38. The van der Waals surface area contributed by atoms with Crippen molar-refractivity contribution in [3.05, 3.63) is 61.8 Å². The Morgan fingerprint density at radius 2 is 1.94 bits per heavy atom. The van der Waals surface area contributed by atoms with Crippen molar-refractivity contribution >= 4 is 39.1 Å². The van der Waals surface area contributed by atoms with Gasteiger partial charge in [-0.25, -0.2) is 4.79 Å². The molecule has 0 unspecified atom stereocenters. The Hall–Kier alpha value is -2.93. The van der Waals surface area contributed by atoms with E-state index in [1.54, 1.807) is 10.6 Å². The number of pyridine rings is 1. The first-order valence-corrected chi connectivity index (χ1v) is 11.3. The summed E-state index contributed by atoms with van der Waals surface area (Å²) in [5.41, 5.74) is 4.17. The van der Waals surface area contributed by atoms with E-state index in [4.69, 9.17) is 4.74 Å². The Bertz CT molecular complexity index is 1240. The number of methoxy groups -OCH3 is 1. The number of thiophene rings is 1. The number of nitrogens with zero attached hydrogens (tertiary/aromatic N) is 1. The first-order chi connectivity index (χ1) is 14.9. The third kappa shape index (κ3) is 4.02. The highest BCUT2D eigenvalue weighted by atomic mass is 32.1. The SMILES string of the molecule is COC(=O)c1c(NC(=O)CCn2c(=O)cc(C)c3cccc(C)c32)sc2c1CCCC2. The zero-order chi connectivity index (χ0) is 22.1. The molecule has 0 aliphatic heterocycles. The topological polar surface area (TPSA) is 77.4 Å². The fraction of sp³-hybridized carbons (Fsp3) is 0.375. The average molecular weight is 439 g/mol. The van der Waals surface area contributed by atoms with Gasteiger partial charge in [-0.1, -0.05) is 18.2 Å². The van der Waals surface area contributed by atoms with Crippen molar-refractivity contribution in [2.45, 2.75) is 52.5 Å². The van der Waals surface area contributed by atoms with Gasteiger partial charge in [0.2, 0.25) is 5.91 Å². The number of aromatic nitrogens is 1. The number of hydrogen-bond acceptors (Lipinski definition) is 5. The maximum atomic E-state index is 12.8. The maximum Gasteiger partial charge on any atom is 0.341 e. The largest absolute Gasteiger partial charge is 0.465 e. The summed E-state index contributed by atoms with van der Waals surface area (Å²) in [5.74, 6) is -0.635. The number of amides is 1. The van der Waals surface area contributed by atoms with Gasteiger partial charge < -0.3 is 14.6 Å². The van der Waals surface area contributed by atoms with Crippen LogP contribution in [0.2, 0.25) is 0 Å². The van der Waals surface area contributed by atoms with Gasteiger partial charge in [0.25, 0.3) is 5.56 Å². The minimum absolute atomic E-state index is 0.117. The second-order valence-electron chi connectivity index (χ2n) is 7.99. The minimum Gasteiger partial charge on any atom is -0.465 e. The normalized spacial score (nSPS) is 13.1. The van der Waals surface area contributed by atoms with Gasteiger partial charge in [0, 0.05) is 29.3 Å². The summed E-state index contributed by atoms with van der Waals surface area (Å²) in [7, 11) is 1.36. The van der Waals surface area contributed by atoms with Crippen LogP contribution in [0.4, 0.5) is 5.00 Å². The Kier molecular flexibility index (Phi) is 5.96. The summed E-state index contributed by atoms with van der Waals surface area (Å²) in [6.45, 7) is 4.16. The molecule has 2 heterocycles. The van der Waals surface area contributed by atoms with E-state index in [9.17, 15) is 14.4 Å². The van der Waals surface area contributed by atoms with Crippen LogP contribution in [0.5, 0.6) is 0 Å². The lowest BCUT2D eigenvalue weighted by Gasteiger charge is -2.14. The van der Waals surface area contributed by atoms with Crippen molar-refractivity contribution in [1.29, 1.82) is 0 Å². The number of rotatable bonds is 5. The summed E-state index contributed by atoms with van der Waals surface area (Å²) in [6, 6.07) is 7.55. The summed E-state index contributed by atoms with van der Waals surface area (Å²) >= 11 is 1.46. The number of benzene rings is 1. The fourth-order valence-electron chi connectivity index (χ4n) is 4.38. The number of nitrogens with one attached hydrogen (secondary N) is 1. The van der Waals surface area contributed by atoms with Gasteiger partial charge in [-0.15, -0.1) is 11.3 Å². The van der Waals surface area contributed by atoms with Crippen molar-refractivity contribution < 1.29 is 14.3 Å². The third-order valence-electron chi connectivity index (χ3n) is 5.91. The van der Waals surface area contributed by atoms with Crippen molar-refractivity contribution in [3.63, 3.8) is 0 Å². The van der Waals surface area contributed by atoms with Crippen molar-refractivity contribution in [2.75, 3.05) is 12.4 Å². The molecule has 0 saturated carbocycles. The summed E-state index contributed by atoms with van der Waals surface area (Å²) in [5, 5.41) is 4.48. The smallest absolute Gasteiger partial charge is 0.341 e. The monoisotopic (exact) mass is 438 g/mol. The second kappa shape index (κ2) is 8.67. The molecule has 0 saturated heterocycles. The summed E-state index contributed by atoms with van der Waals surface area (Å²) < 4.78 is 6.64. The second-order valence-corrected chi connectivity index (χ2v) is 9.10. The molecule has 4 rings (SSSR count). The molecule has 0 radical (unpaired) electrons. The van der Waals surface area contributed by atoms with Crippen LogP contribution in [0.15, 0.2) is 29.1 Å². The average Bonchev–Trinajstić information content (AvgIpc) is 3.11. The van der Waals surface area contributed by atoms with Gasteiger partial charge in [0.05, 0.1) is 18.2 Å². The number of para-hydroxylation sites is 1. The van der Waals surface area contributed by atoms with Crippen LogP contribution < -0.4 is 10.9 Å². The van der Waals surface area contributed by atoms with E-state index in [0.29, 0.717) is 10.6 Å². The molecule has 1 amide bonds. The zero-order valence-electron chi connectivity index (χ0n) is 18.0. The van der Waals surface area contributed by atoms with Gasteiger partial charge >= 0.3 is 5.97 Å². The molecule has 0 bridgehead atoms. The zero-order valence-corrected chi connectivity index (χ0v) is 18.9. The van der Waals surface area contributed by atoms with E-state index in [1.165, 1.54) is 18.4 Å². The Morgan fingerprint density at radius 3 is 2.71 bits per heavy atom. The number of carbonyl (C=O) groups is 2. The molecule has 6 nitrogen and oxygen atoms in total. The molecule has 0 atom stereocenters. The summed E-state index contributed by atoms with van der Waals surface area (Å²) in [6.07, 6.45) is 4.00. The third-order valence-corrected chi connectivity index (χ3v) is 7.12. The van der Waals surface area contributed by atoms with Crippen LogP contribution >= 0.6 is 11.3 Å². The molecule has 0 fully saturated rings. The quantitative estimate of drug-likeness (QED) is 0.600.